The van der Waals surface area contributed by atoms with Gasteiger partial charge in [-0.15, -0.1) is 0 Å². The largest absolute Gasteiger partial charge is 0.494 e. The number of methoxy groups -OCH3 is 1. The van der Waals surface area contributed by atoms with Gasteiger partial charge in [0.05, 0.1) is 7.11 Å². The Morgan fingerprint density at radius 3 is 2.74 bits per heavy atom. The maximum atomic E-state index is 13.9. The number of likely N-dealkylation sites (tertiary alicyclic amines) is 1. The number of rotatable bonds is 3. The smallest absolute Gasteiger partial charge is 0.317 e. The molecular weight excluding hydrogens is 295 g/mol. The van der Waals surface area contributed by atoms with E-state index < -0.39 is 0 Å². The summed E-state index contributed by atoms with van der Waals surface area (Å²) < 4.78 is 19.0. The average Bonchev–Trinajstić information content (AvgIpc) is 2.97. The van der Waals surface area contributed by atoms with Crippen LogP contribution >= 0.6 is 0 Å². The number of halogens is 1. The van der Waals surface area contributed by atoms with Gasteiger partial charge in [0, 0.05) is 19.6 Å². The van der Waals surface area contributed by atoms with E-state index in [2.05, 4.69) is 5.32 Å². The normalized spacial score (nSPS) is 21.2. The number of piperidine rings is 1. The minimum absolute atomic E-state index is 0.0431. The molecule has 0 saturated carbocycles. The summed E-state index contributed by atoms with van der Waals surface area (Å²) in [6, 6.07) is 3.57. The minimum atomic E-state index is -0.266. The summed E-state index contributed by atoms with van der Waals surface area (Å²) in [5, 5.41) is 2.87. The lowest BCUT2D eigenvalue weighted by Gasteiger charge is -2.35. The monoisotopic (exact) mass is 320 g/mol. The fourth-order valence-electron chi connectivity index (χ4n) is 4.05. The molecule has 1 fully saturated rings. The van der Waals surface area contributed by atoms with Crippen molar-refractivity contribution in [1.29, 1.82) is 0 Å². The van der Waals surface area contributed by atoms with Crippen LogP contribution in [0.15, 0.2) is 12.1 Å². The number of nitrogens with one attached hydrogen (secondary N) is 1. The molecule has 0 spiro atoms. The first-order valence-corrected chi connectivity index (χ1v) is 8.53. The van der Waals surface area contributed by atoms with Crippen LogP contribution in [-0.2, 0) is 6.42 Å². The van der Waals surface area contributed by atoms with Gasteiger partial charge in [-0.1, -0.05) is 0 Å². The van der Waals surface area contributed by atoms with Crippen molar-refractivity contribution in [2.75, 3.05) is 26.7 Å². The summed E-state index contributed by atoms with van der Waals surface area (Å²) in [6.07, 6.45) is 4.05. The molecular formula is C18H25FN2O2. The topological polar surface area (TPSA) is 41.6 Å². The van der Waals surface area contributed by atoms with Crippen LogP contribution in [0, 0.1) is 11.7 Å². The molecule has 3 rings (SSSR count). The van der Waals surface area contributed by atoms with Gasteiger partial charge < -0.3 is 15.0 Å². The van der Waals surface area contributed by atoms with Gasteiger partial charge in [-0.2, -0.15) is 0 Å². The molecule has 1 saturated heterocycles. The third kappa shape index (κ3) is 3.14. The van der Waals surface area contributed by atoms with E-state index >= 15 is 0 Å². The van der Waals surface area contributed by atoms with Crippen molar-refractivity contribution in [3.63, 3.8) is 0 Å². The molecule has 1 aliphatic heterocycles. The Morgan fingerprint density at radius 2 is 2.09 bits per heavy atom. The number of carbonyl (C=O) groups excluding carboxylic acids is 1. The van der Waals surface area contributed by atoms with E-state index in [1.807, 2.05) is 17.9 Å². The van der Waals surface area contributed by atoms with Crippen LogP contribution in [0.4, 0.5) is 9.18 Å². The lowest BCUT2D eigenvalue weighted by molar-refractivity contribution is 0.163. The second-order valence-electron chi connectivity index (χ2n) is 6.49. The molecule has 2 amide bonds. The molecule has 0 bridgehead atoms. The van der Waals surface area contributed by atoms with Gasteiger partial charge in [0.25, 0.3) is 0 Å². The quantitative estimate of drug-likeness (QED) is 0.928. The van der Waals surface area contributed by atoms with Crippen molar-refractivity contribution in [3.8, 4) is 5.75 Å². The molecule has 2 aliphatic rings. The van der Waals surface area contributed by atoms with Crippen LogP contribution in [0.25, 0.3) is 0 Å². The molecule has 126 valence electrons. The maximum absolute atomic E-state index is 13.9. The van der Waals surface area contributed by atoms with E-state index in [4.69, 9.17) is 4.74 Å². The molecule has 23 heavy (non-hydrogen) atoms. The van der Waals surface area contributed by atoms with Crippen LogP contribution in [0.1, 0.15) is 43.2 Å². The van der Waals surface area contributed by atoms with E-state index in [1.165, 1.54) is 12.7 Å². The second-order valence-corrected chi connectivity index (χ2v) is 6.49. The number of urea groups is 1. The van der Waals surface area contributed by atoms with Crippen molar-refractivity contribution in [3.05, 3.63) is 29.1 Å². The van der Waals surface area contributed by atoms with Gasteiger partial charge in [0.15, 0.2) is 11.6 Å². The van der Waals surface area contributed by atoms with E-state index in [-0.39, 0.29) is 11.8 Å². The molecule has 1 aromatic carbocycles. The highest BCUT2D eigenvalue weighted by Gasteiger charge is 2.34. The standard InChI is InChI=1S/C18H25FN2O2/c1-3-20-18(22)21-8-6-12(7-9-21)14-5-4-13-10-16(19)17(23-2)11-15(13)14/h10-12,14H,3-9H2,1-2H3,(H,20,22). The summed E-state index contributed by atoms with van der Waals surface area (Å²) in [7, 11) is 1.51. The molecule has 0 radical (unpaired) electrons. The van der Waals surface area contributed by atoms with E-state index in [9.17, 15) is 9.18 Å². The lowest BCUT2D eigenvalue weighted by atomic mass is 9.81. The van der Waals surface area contributed by atoms with Gasteiger partial charge in [-0.3, -0.25) is 0 Å². The highest BCUT2D eigenvalue weighted by Crippen LogP contribution is 2.44. The summed E-state index contributed by atoms with van der Waals surface area (Å²) in [5.74, 6) is 1.11. The number of carbonyl (C=O) groups is 1. The number of benzene rings is 1. The van der Waals surface area contributed by atoms with Gasteiger partial charge in [-0.25, -0.2) is 9.18 Å². The van der Waals surface area contributed by atoms with Crippen LogP contribution in [0.5, 0.6) is 5.75 Å². The molecule has 1 atom stereocenters. The van der Waals surface area contributed by atoms with Crippen molar-refractivity contribution in [2.24, 2.45) is 5.92 Å². The Balaban J connectivity index is 1.68. The van der Waals surface area contributed by atoms with Gasteiger partial charge in [0.1, 0.15) is 0 Å². The van der Waals surface area contributed by atoms with Crippen molar-refractivity contribution < 1.29 is 13.9 Å². The predicted molar refractivity (Wildman–Crippen MR) is 87.4 cm³/mol. The number of aryl methyl sites for hydroxylation is 1. The number of hydrogen-bond acceptors (Lipinski definition) is 2. The first-order valence-electron chi connectivity index (χ1n) is 8.53. The summed E-state index contributed by atoms with van der Waals surface area (Å²) >= 11 is 0. The molecule has 4 nitrogen and oxygen atoms in total. The number of hydrogen-bond donors (Lipinski definition) is 1. The number of amides is 2. The fraction of sp³-hybridized carbons (Fsp3) is 0.611. The summed E-state index contributed by atoms with van der Waals surface area (Å²) in [5.41, 5.74) is 2.37. The maximum Gasteiger partial charge on any atom is 0.317 e. The Bertz CT molecular complexity index is 583. The van der Waals surface area contributed by atoms with Crippen molar-refractivity contribution >= 4 is 6.03 Å². The molecule has 0 aromatic heterocycles. The first kappa shape index (κ1) is 16.1. The highest BCUT2D eigenvalue weighted by atomic mass is 19.1. The lowest BCUT2D eigenvalue weighted by Crippen LogP contribution is -2.45. The fourth-order valence-corrected chi connectivity index (χ4v) is 4.05. The summed E-state index contributed by atoms with van der Waals surface area (Å²) in [4.78, 5) is 13.8. The second kappa shape index (κ2) is 6.77. The average molecular weight is 320 g/mol. The van der Waals surface area contributed by atoms with Crippen LogP contribution < -0.4 is 10.1 Å². The molecule has 1 aliphatic carbocycles. The zero-order valence-electron chi connectivity index (χ0n) is 13.9. The number of fused-ring (bicyclic) bond motifs is 1. The molecule has 5 heteroatoms. The Labute approximate surface area is 137 Å². The highest BCUT2D eigenvalue weighted by molar-refractivity contribution is 5.74. The first-order chi connectivity index (χ1) is 11.1. The number of nitrogens with zero attached hydrogens (tertiary/aromatic N) is 1. The molecule has 1 aromatic rings. The SMILES string of the molecule is CCNC(=O)N1CCC(C2CCc3cc(F)c(OC)cc32)CC1. The molecule has 1 N–H and O–H groups in total. The van der Waals surface area contributed by atoms with Gasteiger partial charge in [0.2, 0.25) is 0 Å². The van der Waals surface area contributed by atoms with E-state index in [0.717, 1.165) is 44.3 Å². The van der Waals surface area contributed by atoms with Crippen LogP contribution in [0.2, 0.25) is 0 Å². The predicted octanol–water partition coefficient (Wildman–Crippen LogP) is 3.31. The minimum Gasteiger partial charge on any atom is -0.494 e. The van der Waals surface area contributed by atoms with Crippen LogP contribution in [-0.4, -0.2) is 37.7 Å². The van der Waals surface area contributed by atoms with E-state index in [1.54, 1.807) is 6.07 Å². The van der Waals surface area contributed by atoms with Gasteiger partial charge in [-0.05, 0) is 67.7 Å². The third-order valence-corrected chi connectivity index (χ3v) is 5.26. The van der Waals surface area contributed by atoms with Crippen LogP contribution in [0.3, 0.4) is 0 Å². The Hall–Kier alpha value is -1.78. The Morgan fingerprint density at radius 1 is 1.35 bits per heavy atom. The van der Waals surface area contributed by atoms with Crippen molar-refractivity contribution in [1.82, 2.24) is 10.2 Å². The molecule has 1 unspecified atom stereocenters. The summed E-state index contributed by atoms with van der Waals surface area (Å²) in [6.45, 7) is 4.22. The molecule has 1 heterocycles. The number of ether oxygens (including phenoxy) is 1. The van der Waals surface area contributed by atoms with Crippen molar-refractivity contribution in [2.45, 2.75) is 38.5 Å². The third-order valence-electron chi connectivity index (χ3n) is 5.26. The zero-order chi connectivity index (χ0) is 16.4. The zero-order valence-corrected chi connectivity index (χ0v) is 13.9. The Kier molecular flexibility index (Phi) is 4.74. The van der Waals surface area contributed by atoms with E-state index in [0.29, 0.717) is 24.1 Å². The van der Waals surface area contributed by atoms with Gasteiger partial charge >= 0.3 is 6.03 Å².